The Bertz CT molecular complexity index is 377. The van der Waals surface area contributed by atoms with Crippen LogP contribution in [0.2, 0.25) is 0 Å². The minimum Gasteiger partial charge on any atom is -0.461 e. The van der Waals surface area contributed by atoms with Crippen molar-refractivity contribution in [1.29, 1.82) is 0 Å². The van der Waals surface area contributed by atoms with Crippen LogP contribution >= 0.6 is 15.9 Å². The van der Waals surface area contributed by atoms with Gasteiger partial charge in [0.05, 0.1) is 6.61 Å². The van der Waals surface area contributed by atoms with Crippen molar-refractivity contribution in [3.8, 4) is 0 Å². The molecule has 0 aliphatic heterocycles. The molecular formula is C12H14BrNO2. The number of carbonyl (C=O) groups is 1. The Kier molecular flexibility index (Phi) is 3.93. The third kappa shape index (κ3) is 3.04. The first kappa shape index (κ1) is 11.6. The summed E-state index contributed by atoms with van der Waals surface area (Å²) in [6.45, 7) is 0.512. The monoisotopic (exact) mass is 283 g/mol. The van der Waals surface area contributed by atoms with Crippen LogP contribution < -0.4 is 0 Å². The molecule has 0 bridgehead atoms. The van der Waals surface area contributed by atoms with Gasteiger partial charge in [0.2, 0.25) is 0 Å². The van der Waals surface area contributed by atoms with E-state index in [0.29, 0.717) is 16.9 Å². The van der Waals surface area contributed by atoms with Gasteiger partial charge in [-0.1, -0.05) is 25.3 Å². The van der Waals surface area contributed by atoms with Crippen molar-refractivity contribution in [2.45, 2.75) is 25.7 Å². The van der Waals surface area contributed by atoms with Crippen molar-refractivity contribution in [1.82, 2.24) is 4.98 Å². The van der Waals surface area contributed by atoms with Gasteiger partial charge in [0.25, 0.3) is 0 Å². The quantitative estimate of drug-likeness (QED) is 0.629. The molecule has 0 atom stereocenters. The van der Waals surface area contributed by atoms with Crippen LogP contribution in [-0.2, 0) is 4.74 Å². The van der Waals surface area contributed by atoms with E-state index in [1.54, 1.807) is 18.2 Å². The maximum atomic E-state index is 11.6. The van der Waals surface area contributed by atoms with Crippen molar-refractivity contribution < 1.29 is 9.53 Å². The Labute approximate surface area is 103 Å². The molecule has 1 fully saturated rings. The Morgan fingerprint density at radius 1 is 1.50 bits per heavy atom. The van der Waals surface area contributed by atoms with Crippen LogP contribution in [0.5, 0.6) is 0 Å². The van der Waals surface area contributed by atoms with Gasteiger partial charge in [-0.2, -0.15) is 0 Å². The fraction of sp³-hybridized carbons (Fsp3) is 0.500. The highest BCUT2D eigenvalue weighted by Gasteiger charge is 2.18. The molecule has 4 heteroatoms. The molecule has 2 rings (SSSR count). The fourth-order valence-electron chi connectivity index (χ4n) is 1.70. The maximum Gasteiger partial charge on any atom is 0.356 e. The summed E-state index contributed by atoms with van der Waals surface area (Å²) < 4.78 is 5.82. The summed E-state index contributed by atoms with van der Waals surface area (Å²) >= 11 is 3.22. The normalized spacial score (nSPS) is 15.6. The largest absolute Gasteiger partial charge is 0.461 e. The first-order valence-corrected chi connectivity index (χ1v) is 6.34. The van der Waals surface area contributed by atoms with Gasteiger partial charge in [-0.15, -0.1) is 0 Å². The first-order valence-electron chi connectivity index (χ1n) is 5.55. The minimum atomic E-state index is -0.333. The van der Waals surface area contributed by atoms with E-state index in [0.717, 1.165) is 12.3 Å². The molecule has 1 aliphatic rings. The van der Waals surface area contributed by atoms with Crippen molar-refractivity contribution in [3.63, 3.8) is 0 Å². The number of nitrogens with zero attached hydrogens (tertiary/aromatic N) is 1. The van der Waals surface area contributed by atoms with E-state index in [2.05, 4.69) is 20.9 Å². The van der Waals surface area contributed by atoms with Gasteiger partial charge in [0.1, 0.15) is 10.3 Å². The molecule has 1 aromatic heterocycles. The van der Waals surface area contributed by atoms with Crippen LogP contribution in [0.3, 0.4) is 0 Å². The van der Waals surface area contributed by atoms with Crippen molar-refractivity contribution in [2.75, 3.05) is 6.61 Å². The summed E-state index contributed by atoms with van der Waals surface area (Å²) in [7, 11) is 0. The Balaban J connectivity index is 1.78. The number of carbonyl (C=O) groups excluding carboxylic acids is 1. The molecule has 0 unspecified atom stereocenters. The SMILES string of the molecule is O=C(OCCC1CCC1)c1cccc(Br)n1. The predicted octanol–water partition coefficient (Wildman–Crippen LogP) is 3.19. The van der Waals surface area contributed by atoms with Gasteiger partial charge in [-0.05, 0) is 40.4 Å². The zero-order chi connectivity index (χ0) is 11.4. The van der Waals surface area contributed by atoms with E-state index < -0.39 is 0 Å². The van der Waals surface area contributed by atoms with E-state index in [1.807, 2.05) is 0 Å². The average Bonchev–Trinajstić information content (AvgIpc) is 2.21. The lowest BCUT2D eigenvalue weighted by Gasteiger charge is -2.24. The number of halogens is 1. The maximum absolute atomic E-state index is 11.6. The molecule has 1 heterocycles. The van der Waals surface area contributed by atoms with Crippen LogP contribution in [-0.4, -0.2) is 17.6 Å². The number of esters is 1. The second kappa shape index (κ2) is 5.43. The summed E-state index contributed by atoms with van der Waals surface area (Å²) in [4.78, 5) is 15.6. The highest BCUT2D eigenvalue weighted by atomic mass is 79.9. The fourth-order valence-corrected chi connectivity index (χ4v) is 2.04. The molecule has 0 amide bonds. The molecule has 0 saturated heterocycles. The third-order valence-corrected chi connectivity index (χ3v) is 3.35. The highest BCUT2D eigenvalue weighted by Crippen LogP contribution is 2.29. The second-order valence-corrected chi connectivity index (χ2v) is 4.88. The Morgan fingerprint density at radius 3 is 2.94 bits per heavy atom. The van der Waals surface area contributed by atoms with Gasteiger partial charge in [-0.3, -0.25) is 0 Å². The molecule has 0 radical (unpaired) electrons. The molecule has 0 N–H and O–H groups in total. The van der Waals surface area contributed by atoms with E-state index >= 15 is 0 Å². The number of hydrogen-bond donors (Lipinski definition) is 0. The molecule has 16 heavy (non-hydrogen) atoms. The lowest BCUT2D eigenvalue weighted by atomic mass is 9.83. The number of rotatable bonds is 4. The zero-order valence-electron chi connectivity index (χ0n) is 8.99. The van der Waals surface area contributed by atoms with Crippen LogP contribution in [0.25, 0.3) is 0 Å². The standard InChI is InChI=1S/C12H14BrNO2/c13-11-6-2-5-10(14-11)12(15)16-8-7-9-3-1-4-9/h2,5-6,9H,1,3-4,7-8H2. The molecule has 1 aromatic rings. The average molecular weight is 284 g/mol. The molecule has 1 aliphatic carbocycles. The van der Waals surface area contributed by atoms with Crippen molar-refractivity contribution in [2.24, 2.45) is 5.92 Å². The molecular weight excluding hydrogens is 270 g/mol. The summed E-state index contributed by atoms with van der Waals surface area (Å²) in [6.07, 6.45) is 4.88. The van der Waals surface area contributed by atoms with E-state index in [-0.39, 0.29) is 5.97 Å². The summed E-state index contributed by atoms with van der Waals surface area (Å²) in [5.74, 6) is 0.434. The van der Waals surface area contributed by atoms with Crippen LogP contribution in [0.4, 0.5) is 0 Å². The smallest absolute Gasteiger partial charge is 0.356 e. The number of ether oxygens (including phenoxy) is 1. The lowest BCUT2D eigenvalue weighted by molar-refractivity contribution is 0.0457. The minimum absolute atomic E-state index is 0.333. The van der Waals surface area contributed by atoms with E-state index in [1.165, 1.54) is 19.3 Å². The summed E-state index contributed by atoms with van der Waals surface area (Å²) in [5, 5.41) is 0. The summed E-state index contributed by atoms with van der Waals surface area (Å²) in [6, 6.07) is 5.22. The number of aromatic nitrogens is 1. The number of pyridine rings is 1. The Hall–Kier alpha value is -0.900. The van der Waals surface area contributed by atoms with Crippen molar-refractivity contribution in [3.05, 3.63) is 28.5 Å². The third-order valence-electron chi connectivity index (χ3n) is 2.91. The predicted molar refractivity (Wildman–Crippen MR) is 64.2 cm³/mol. The van der Waals surface area contributed by atoms with Gasteiger partial charge >= 0.3 is 5.97 Å². The Morgan fingerprint density at radius 2 is 2.31 bits per heavy atom. The van der Waals surface area contributed by atoms with Gasteiger partial charge < -0.3 is 4.74 Å². The molecule has 3 nitrogen and oxygen atoms in total. The summed E-state index contributed by atoms with van der Waals surface area (Å²) in [5.41, 5.74) is 0.364. The van der Waals surface area contributed by atoms with Crippen LogP contribution in [0, 0.1) is 5.92 Å². The highest BCUT2D eigenvalue weighted by molar-refractivity contribution is 9.10. The zero-order valence-corrected chi connectivity index (χ0v) is 10.6. The molecule has 1 saturated carbocycles. The molecule has 86 valence electrons. The topological polar surface area (TPSA) is 39.2 Å². The van der Waals surface area contributed by atoms with E-state index in [4.69, 9.17) is 4.74 Å². The van der Waals surface area contributed by atoms with E-state index in [9.17, 15) is 4.79 Å². The van der Waals surface area contributed by atoms with Gasteiger partial charge in [0, 0.05) is 0 Å². The van der Waals surface area contributed by atoms with Crippen LogP contribution in [0.1, 0.15) is 36.2 Å². The lowest BCUT2D eigenvalue weighted by Crippen LogP contribution is -2.16. The van der Waals surface area contributed by atoms with Gasteiger partial charge in [-0.25, -0.2) is 9.78 Å². The molecule has 0 spiro atoms. The van der Waals surface area contributed by atoms with Crippen molar-refractivity contribution >= 4 is 21.9 Å². The number of hydrogen-bond acceptors (Lipinski definition) is 3. The molecule has 0 aromatic carbocycles. The first-order chi connectivity index (χ1) is 7.75. The van der Waals surface area contributed by atoms with Gasteiger partial charge in [0.15, 0.2) is 0 Å². The second-order valence-electron chi connectivity index (χ2n) is 4.07. The van der Waals surface area contributed by atoms with Crippen LogP contribution in [0.15, 0.2) is 22.8 Å².